The number of hydrogen-bond donors (Lipinski definition) is 1. The number of allylic oxidation sites excluding steroid dienone is 2. The van der Waals surface area contributed by atoms with E-state index in [2.05, 4.69) is 5.32 Å². The van der Waals surface area contributed by atoms with E-state index in [0.717, 1.165) is 16.0 Å². The van der Waals surface area contributed by atoms with E-state index in [9.17, 15) is 19.2 Å². The Morgan fingerprint density at radius 1 is 1.17 bits per heavy atom. The van der Waals surface area contributed by atoms with Crippen LogP contribution in [0, 0.1) is 25.7 Å². The fourth-order valence-electron chi connectivity index (χ4n) is 3.82. The van der Waals surface area contributed by atoms with Crippen molar-refractivity contribution < 1.29 is 23.9 Å². The zero-order valence-electron chi connectivity index (χ0n) is 16.5. The van der Waals surface area contributed by atoms with Crippen molar-refractivity contribution in [1.29, 1.82) is 0 Å². The number of halogens is 1. The first-order valence-corrected chi connectivity index (χ1v) is 9.83. The Kier molecular flexibility index (Phi) is 6.07. The molecule has 0 radical (unpaired) electrons. The third-order valence-electron chi connectivity index (χ3n) is 5.31. The lowest BCUT2D eigenvalue weighted by atomic mass is 9.85. The van der Waals surface area contributed by atoms with Crippen LogP contribution >= 0.6 is 11.6 Å². The number of ether oxygens (including phenoxy) is 1. The van der Waals surface area contributed by atoms with Crippen molar-refractivity contribution in [3.63, 3.8) is 0 Å². The zero-order valence-corrected chi connectivity index (χ0v) is 17.3. The first-order chi connectivity index (χ1) is 13.7. The van der Waals surface area contributed by atoms with Crippen molar-refractivity contribution in [2.45, 2.75) is 39.7 Å². The predicted molar refractivity (Wildman–Crippen MR) is 107 cm³/mol. The summed E-state index contributed by atoms with van der Waals surface area (Å²) in [6.07, 6.45) is 4.74. The summed E-state index contributed by atoms with van der Waals surface area (Å²) < 4.78 is 5.05. The number of rotatable bonds is 5. The van der Waals surface area contributed by atoms with Crippen molar-refractivity contribution in [2.24, 2.45) is 11.8 Å². The number of anilines is 1. The van der Waals surface area contributed by atoms with Crippen LogP contribution in [0.5, 0.6) is 0 Å². The quantitative estimate of drug-likeness (QED) is 0.451. The van der Waals surface area contributed by atoms with Crippen LogP contribution in [-0.4, -0.2) is 41.2 Å². The summed E-state index contributed by atoms with van der Waals surface area (Å²) in [6, 6.07) is 2.50. The van der Waals surface area contributed by atoms with Crippen molar-refractivity contribution in [3.05, 3.63) is 40.4 Å². The number of esters is 1. The van der Waals surface area contributed by atoms with Crippen LogP contribution in [0.1, 0.15) is 30.9 Å². The maximum absolute atomic E-state index is 12.5. The number of aryl methyl sites for hydroxylation is 2. The molecule has 1 N–H and O–H groups in total. The number of carbonyl (C=O) groups is 4. The second kappa shape index (κ2) is 8.37. The number of nitrogens with zero attached hydrogens (tertiary/aromatic N) is 1. The molecule has 154 valence electrons. The molecule has 29 heavy (non-hydrogen) atoms. The molecule has 3 rings (SSSR count). The Morgan fingerprint density at radius 3 is 2.31 bits per heavy atom. The highest BCUT2D eigenvalue weighted by Gasteiger charge is 2.50. The average molecular weight is 419 g/mol. The summed E-state index contributed by atoms with van der Waals surface area (Å²) in [6.45, 7) is 4.58. The van der Waals surface area contributed by atoms with Crippen molar-refractivity contribution in [2.75, 3.05) is 11.9 Å². The highest BCUT2D eigenvalue weighted by Crippen LogP contribution is 2.36. The monoisotopic (exact) mass is 418 g/mol. The first-order valence-electron chi connectivity index (χ1n) is 9.45. The second-order valence-corrected chi connectivity index (χ2v) is 7.88. The Labute approximate surface area is 174 Å². The Hall–Kier alpha value is -2.67. The van der Waals surface area contributed by atoms with Gasteiger partial charge in [-0.05, 0) is 50.8 Å². The first kappa shape index (κ1) is 21.0. The number of nitrogens with one attached hydrogen (secondary N) is 1. The van der Waals surface area contributed by atoms with E-state index in [1.807, 2.05) is 32.1 Å². The second-order valence-electron chi connectivity index (χ2n) is 7.47. The van der Waals surface area contributed by atoms with E-state index in [1.165, 1.54) is 6.92 Å². The molecule has 1 aromatic rings. The summed E-state index contributed by atoms with van der Waals surface area (Å²) in [5.74, 6) is -2.92. The minimum Gasteiger partial charge on any atom is -0.454 e. The fourth-order valence-corrected chi connectivity index (χ4v) is 4.19. The van der Waals surface area contributed by atoms with Gasteiger partial charge in [-0.25, -0.2) is 4.79 Å². The van der Waals surface area contributed by atoms with Gasteiger partial charge in [-0.2, -0.15) is 0 Å². The molecule has 1 aliphatic heterocycles. The van der Waals surface area contributed by atoms with Crippen molar-refractivity contribution >= 4 is 41.0 Å². The summed E-state index contributed by atoms with van der Waals surface area (Å²) in [5.41, 5.74) is 2.20. The lowest BCUT2D eigenvalue weighted by Gasteiger charge is -2.21. The molecule has 0 unspecified atom stereocenters. The van der Waals surface area contributed by atoms with Crippen LogP contribution in [0.2, 0.25) is 5.02 Å². The molecular formula is C21H23ClN2O5. The van der Waals surface area contributed by atoms with E-state index >= 15 is 0 Å². The molecule has 7 nitrogen and oxygen atoms in total. The van der Waals surface area contributed by atoms with E-state index in [1.54, 1.807) is 6.07 Å². The van der Waals surface area contributed by atoms with Gasteiger partial charge in [-0.3, -0.25) is 19.3 Å². The van der Waals surface area contributed by atoms with E-state index in [-0.39, 0.29) is 11.8 Å². The minimum atomic E-state index is -1.09. The highest BCUT2D eigenvalue weighted by atomic mass is 35.5. The van der Waals surface area contributed by atoms with Gasteiger partial charge >= 0.3 is 5.97 Å². The summed E-state index contributed by atoms with van der Waals surface area (Å²) >= 11 is 6.16. The number of likely N-dealkylation sites (tertiary alicyclic amines) is 1. The molecule has 1 aromatic carbocycles. The normalized spacial score (nSPS) is 21.7. The zero-order chi connectivity index (χ0) is 21.3. The van der Waals surface area contributed by atoms with Gasteiger partial charge in [0.25, 0.3) is 5.91 Å². The maximum Gasteiger partial charge on any atom is 0.329 e. The van der Waals surface area contributed by atoms with Gasteiger partial charge in [-0.15, -0.1) is 0 Å². The van der Waals surface area contributed by atoms with Crippen molar-refractivity contribution in [1.82, 2.24) is 4.90 Å². The SMILES string of the molecule is Cc1cc(C)c(NC(=O)COC(=O)[C@H](C)N2C(=O)[C@H]3CC=CC[C@H]3C2=O)c(Cl)c1. The third kappa shape index (κ3) is 4.19. The number of hydrogen-bond acceptors (Lipinski definition) is 5. The number of fused-ring (bicyclic) bond motifs is 1. The standard InChI is InChI=1S/C21H23ClN2O5/c1-11-8-12(2)18(16(22)9-11)23-17(25)10-29-21(28)13(3)24-19(26)14-6-4-5-7-15(14)20(24)27/h4-5,8-9,13-15H,6-7,10H2,1-3H3,(H,23,25)/t13-,14-,15+/m0/s1. The molecule has 0 aromatic heterocycles. The van der Waals surface area contributed by atoms with Gasteiger partial charge in [0.15, 0.2) is 6.61 Å². The minimum absolute atomic E-state index is 0.361. The Balaban J connectivity index is 1.59. The number of carbonyl (C=O) groups excluding carboxylic acids is 4. The van der Waals surface area contributed by atoms with E-state index in [0.29, 0.717) is 23.6 Å². The number of benzene rings is 1. The van der Waals surface area contributed by atoms with Gasteiger partial charge in [0, 0.05) is 0 Å². The van der Waals surface area contributed by atoms with Gasteiger partial charge in [0.1, 0.15) is 6.04 Å². The molecule has 0 saturated carbocycles. The lowest BCUT2D eigenvalue weighted by molar-refractivity contribution is -0.159. The van der Waals surface area contributed by atoms with Gasteiger partial charge < -0.3 is 10.1 Å². The van der Waals surface area contributed by atoms with Crippen LogP contribution in [0.25, 0.3) is 0 Å². The van der Waals surface area contributed by atoms with Crippen LogP contribution < -0.4 is 5.32 Å². The summed E-state index contributed by atoms with van der Waals surface area (Å²) in [4.78, 5) is 50.6. The molecule has 0 spiro atoms. The van der Waals surface area contributed by atoms with Crippen LogP contribution in [0.3, 0.4) is 0 Å². The molecule has 3 atom stereocenters. The molecule has 3 amide bonds. The molecule has 8 heteroatoms. The summed E-state index contributed by atoms with van der Waals surface area (Å²) in [7, 11) is 0. The maximum atomic E-state index is 12.5. The summed E-state index contributed by atoms with van der Waals surface area (Å²) in [5, 5.41) is 3.01. The van der Waals surface area contributed by atoms with Crippen LogP contribution in [0.4, 0.5) is 5.69 Å². The van der Waals surface area contributed by atoms with Crippen molar-refractivity contribution in [3.8, 4) is 0 Å². The molecule has 1 aliphatic carbocycles. The number of imide groups is 1. The Morgan fingerprint density at radius 2 is 1.76 bits per heavy atom. The average Bonchev–Trinajstić information content (AvgIpc) is 2.93. The third-order valence-corrected chi connectivity index (χ3v) is 5.61. The largest absolute Gasteiger partial charge is 0.454 e. The van der Waals surface area contributed by atoms with Gasteiger partial charge in [-0.1, -0.05) is 29.8 Å². The predicted octanol–water partition coefficient (Wildman–Crippen LogP) is 2.78. The van der Waals surface area contributed by atoms with Gasteiger partial charge in [0.2, 0.25) is 11.8 Å². The molecule has 2 aliphatic rings. The lowest BCUT2D eigenvalue weighted by Crippen LogP contribution is -2.45. The molecule has 1 fully saturated rings. The van der Waals surface area contributed by atoms with Gasteiger partial charge in [0.05, 0.1) is 22.5 Å². The fraction of sp³-hybridized carbons (Fsp3) is 0.429. The Bertz CT molecular complexity index is 861. The molecule has 0 bridgehead atoms. The van der Waals surface area contributed by atoms with E-state index < -0.39 is 36.4 Å². The molecule has 1 heterocycles. The molecule has 1 saturated heterocycles. The molecular weight excluding hydrogens is 396 g/mol. The highest BCUT2D eigenvalue weighted by molar-refractivity contribution is 6.34. The number of amides is 3. The smallest absolute Gasteiger partial charge is 0.329 e. The van der Waals surface area contributed by atoms with Crippen LogP contribution in [0.15, 0.2) is 24.3 Å². The van der Waals surface area contributed by atoms with Crippen LogP contribution in [-0.2, 0) is 23.9 Å². The topological polar surface area (TPSA) is 92.8 Å². The van der Waals surface area contributed by atoms with E-state index in [4.69, 9.17) is 16.3 Å².